The van der Waals surface area contributed by atoms with E-state index in [2.05, 4.69) is 6.07 Å². The molecule has 1 aromatic carbocycles. The van der Waals surface area contributed by atoms with Gasteiger partial charge in [0.05, 0.1) is 13.0 Å². The molecule has 25 heavy (non-hydrogen) atoms. The summed E-state index contributed by atoms with van der Waals surface area (Å²) in [7, 11) is 1.72. The van der Waals surface area contributed by atoms with Crippen molar-refractivity contribution in [3.8, 4) is 0 Å². The predicted octanol–water partition coefficient (Wildman–Crippen LogP) is 1.88. The van der Waals surface area contributed by atoms with Crippen molar-refractivity contribution < 1.29 is 14.3 Å². The fourth-order valence-corrected chi connectivity index (χ4v) is 4.38. The number of methoxy groups -OCH3 is 1. The van der Waals surface area contributed by atoms with Crippen molar-refractivity contribution in [3.05, 3.63) is 35.4 Å². The zero-order valence-electron chi connectivity index (χ0n) is 15.5. The molecule has 2 saturated heterocycles. The maximum atomic E-state index is 12.8. The van der Waals surface area contributed by atoms with Gasteiger partial charge in [-0.05, 0) is 18.9 Å². The average molecular weight is 344 g/mol. The van der Waals surface area contributed by atoms with Crippen LogP contribution in [0.3, 0.4) is 0 Å². The molecule has 1 aromatic rings. The monoisotopic (exact) mass is 344 g/mol. The Hall–Kier alpha value is -1.88. The minimum absolute atomic E-state index is 0.000531. The van der Waals surface area contributed by atoms with Crippen LogP contribution in [0, 0.1) is 18.3 Å². The van der Waals surface area contributed by atoms with Crippen LogP contribution in [0.2, 0.25) is 0 Å². The number of fused-ring (bicyclic) bond motifs is 1. The van der Waals surface area contributed by atoms with E-state index in [1.54, 1.807) is 14.0 Å². The van der Waals surface area contributed by atoms with Gasteiger partial charge in [-0.1, -0.05) is 29.8 Å². The molecular formula is C20H28N2O3. The molecule has 0 aliphatic carbocycles. The van der Waals surface area contributed by atoms with Gasteiger partial charge >= 0.3 is 0 Å². The Kier molecular flexibility index (Phi) is 5.13. The van der Waals surface area contributed by atoms with Crippen LogP contribution in [0.4, 0.5) is 0 Å². The number of carbonyl (C=O) groups excluding carboxylic acids is 2. The number of rotatable bonds is 4. The number of aryl methyl sites for hydroxylation is 1. The van der Waals surface area contributed by atoms with E-state index in [0.29, 0.717) is 18.9 Å². The average Bonchev–Trinajstić information content (AvgIpc) is 2.94. The molecule has 2 amide bonds. The number of piperidine rings is 1. The Morgan fingerprint density at radius 2 is 2.04 bits per heavy atom. The molecule has 0 bridgehead atoms. The van der Waals surface area contributed by atoms with E-state index in [4.69, 9.17) is 4.74 Å². The van der Waals surface area contributed by atoms with Crippen molar-refractivity contribution in [3.63, 3.8) is 0 Å². The van der Waals surface area contributed by atoms with Gasteiger partial charge in [-0.3, -0.25) is 9.59 Å². The molecule has 5 heteroatoms. The minimum atomic E-state index is 0.000531. The highest BCUT2D eigenvalue weighted by Gasteiger charge is 2.50. The Morgan fingerprint density at radius 3 is 2.72 bits per heavy atom. The third-order valence-electron chi connectivity index (χ3n) is 5.80. The lowest BCUT2D eigenvalue weighted by molar-refractivity contribution is -0.135. The zero-order chi connectivity index (χ0) is 18.0. The third-order valence-corrected chi connectivity index (χ3v) is 5.80. The first-order valence-electron chi connectivity index (χ1n) is 9.01. The highest BCUT2D eigenvalue weighted by atomic mass is 16.5. The molecule has 3 rings (SSSR count). The lowest BCUT2D eigenvalue weighted by atomic mass is 9.73. The molecule has 2 aliphatic rings. The van der Waals surface area contributed by atoms with Gasteiger partial charge in [-0.25, -0.2) is 0 Å². The van der Waals surface area contributed by atoms with Gasteiger partial charge in [0.15, 0.2) is 0 Å². The molecule has 136 valence electrons. The Labute approximate surface area is 149 Å². The van der Waals surface area contributed by atoms with E-state index in [0.717, 1.165) is 38.2 Å². The highest BCUT2D eigenvalue weighted by Crippen LogP contribution is 2.43. The molecule has 5 nitrogen and oxygen atoms in total. The van der Waals surface area contributed by atoms with Gasteiger partial charge in [0, 0.05) is 51.5 Å². The van der Waals surface area contributed by atoms with E-state index >= 15 is 0 Å². The minimum Gasteiger partial charge on any atom is -0.384 e. The summed E-state index contributed by atoms with van der Waals surface area (Å²) in [5.41, 5.74) is 2.24. The maximum absolute atomic E-state index is 12.8. The fraction of sp³-hybridized carbons (Fsp3) is 0.600. The molecule has 0 N–H and O–H groups in total. The van der Waals surface area contributed by atoms with Crippen LogP contribution in [0.15, 0.2) is 24.3 Å². The van der Waals surface area contributed by atoms with Gasteiger partial charge in [0.2, 0.25) is 11.8 Å². The summed E-state index contributed by atoms with van der Waals surface area (Å²) in [4.78, 5) is 28.5. The second kappa shape index (κ2) is 7.16. The van der Waals surface area contributed by atoms with Crippen molar-refractivity contribution in [2.45, 2.75) is 26.7 Å². The van der Waals surface area contributed by atoms with Gasteiger partial charge in [0.25, 0.3) is 0 Å². The van der Waals surface area contributed by atoms with Crippen LogP contribution in [-0.4, -0.2) is 61.5 Å². The number of ether oxygens (including phenoxy) is 1. The zero-order valence-corrected chi connectivity index (χ0v) is 15.5. The first-order chi connectivity index (χ1) is 11.9. The number of nitrogens with zero attached hydrogens (tertiary/aromatic N) is 2. The predicted molar refractivity (Wildman–Crippen MR) is 96.1 cm³/mol. The number of hydrogen-bond acceptors (Lipinski definition) is 3. The van der Waals surface area contributed by atoms with Crippen LogP contribution in [0.25, 0.3) is 0 Å². The topological polar surface area (TPSA) is 49.9 Å². The molecule has 2 heterocycles. The van der Waals surface area contributed by atoms with E-state index in [1.807, 2.05) is 34.9 Å². The van der Waals surface area contributed by atoms with Gasteiger partial charge in [0.1, 0.15) is 0 Å². The first-order valence-corrected chi connectivity index (χ1v) is 9.01. The van der Waals surface area contributed by atoms with Gasteiger partial charge in [-0.15, -0.1) is 0 Å². The van der Waals surface area contributed by atoms with Crippen LogP contribution in [0.1, 0.15) is 24.5 Å². The van der Waals surface area contributed by atoms with Crippen molar-refractivity contribution in [2.75, 3.05) is 39.9 Å². The van der Waals surface area contributed by atoms with Crippen LogP contribution in [-0.2, 0) is 20.7 Å². The molecule has 2 atom stereocenters. The summed E-state index contributed by atoms with van der Waals surface area (Å²) in [6.45, 7) is 7.27. The van der Waals surface area contributed by atoms with E-state index in [1.165, 1.54) is 5.56 Å². The third kappa shape index (κ3) is 3.71. The first kappa shape index (κ1) is 17.9. The number of amides is 2. The van der Waals surface area contributed by atoms with Crippen LogP contribution < -0.4 is 0 Å². The van der Waals surface area contributed by atoms with Gasteiger partial charge in [-0.2, -0.15) is 0 Å². The fourth-order valence-electron chi connectivity index (χ4n) is 4.38. The lowest BCUT2D eigenvalue weighted by Crippen LogP contribution is -2.51. The van der Waals surface area contributed by atoms with Crippen molar-refractivity contribution in [1.29, 1.82) is 0 Å². The molecule has 2 aliphatic heterocycles. The van der Waals surface area contributed by atoms with E-state index in [-0.39, 0.29) is 17.2 Å². The van der Waals surface area contributed by atoms with Crippen molar-refractivity contribution >= 4 is 11.8 Å². The molecular weight excluding hydrogens is 316 g/mol. The number of likely N-dealkylation sites (tertiary alicyclic amines) is 2. The van der Waals surface area contributed by atoms with Crippen LogP contribution >= 0.6 is 0 Å². The van der Waals surface area contributed by atoms with Crippen molar-refractivity contribution in [2.24, 2.45) is 11.3 Å². The number of hydrogen-bond donors (Lipinski definition) is 0. The SMILES string of the molecule is COC[C@@]12CCN(C(=O)Cc3cccc(C)c3)C[C@@H]1CN(C(C)=O)C2. The largest absolute Gasteiger partial charge is 0.384 e. The normalized spacial score (nSPS) is 25.8. The second-order valence-corrected chi connectivity index (χ2v) is 7.65. The molecule has 0 spiro atoms. The lowest BCUT2D eigenvalue weighted by Gasteiger charge is -2.43. The highest BCUT2D eigenvalue weighted by molar-refractivity contribution is 5.79. The summed E-state index contributed by atoms with van der Waals surface area (Å²) in [5.74, 6) is 0.590. The molecule has 0 aromatic heterocycles. The summed E-state index contributed by atoms with van der Waals surface area (Å²) in [6, 6.07) is 8.13. The summed E-state index contributed by atoms with van der Waals surface area (Å²) in [5, 5.41) is 0. The van der Waals surface area contributed by atoms with Crippen LogP contribution in [0.5, 0.6) is 0 Å². The molecule has 0 radical (unpaired) electrons. The molecule has 2 fully saturated rings. The molecule has 0 saturated carbocycles. The Balaban J connectivity index is 1.68. The Morgan fingerprint density at radius 1 is 1.28 bits per heavy atom. The van der Waals surface area contributed by atoms with Gasteiger partial charge < -0.3 is 14.5 Å². The standard InChI is InChI=1S/C20H28N2O3/c1-15-5-4-6-17(9-15)10-19(24)21-8-7-20(14-25-3)13-22(16(2)23)12-18(20)11-21/h4-6,9,18H,7-8,10-14H2,1-3H3/t18-,20+/m1/s1. The maximum Gasteiger partial charge on any atom is 0.227 e. The van der Waals surface area contributed by atoms with Crippen molar-refractivity contribution in [1.82, 2.24) is 9.80 Å². The summed E-state index contributed by atoms with van der Waals surface area (Å²) >= 11 is 0. The summed E-state index contributed by atoms with van der Waals surface area (Å²) < 4.78 is 5.48. The number of benzene rings is 1. The second-order valence-electron chi connectivity index (χ2n) is 7.65. The molecule has 0 unspecified atom stereocenters. The summed E-state index contributed by atoms with van der Waals surface area (Å²) in [6.07, 6.45) is 1.34. The quantitative estimate of drug-likeness (QED) is 0.838. The van der Waals surface area contributed by atoms with E-state index < -0.39 is 0 Å². The Bertz CT molecular complexity index is 660. The number of carbonyl (C=O) groups is 2. The van der Waals surface area contributed by atoms with E-state index in [9.17, 15) is 9.59 Å². The smallest absolute Gasteiger partial charge is 0.227 e.